The van der Waals surface area contributed by atoms with Gasteiger partial charge in [-0.05, 0) is 12.1 Å². The molecular formula is C16H18N4O3. The van der Waals surface area contributed by atoms with Crippen molar-refractivity contribution in [3.8, 4) is 0 Å². The molecule has 23 heavy (non-hydrogen) atoms. The largest absolute Gasteiger partial charge is 0.459 e. The lowest BCUT2D eigenvalue weighted by atomic mass is 10.1. The van der Waals surface area contributed by atoms with E-state index in [4.69, 9.17) is 9.15 Å². The summed E-state index contributed by atoms with van der Waals surface area (Å²) in [4.78, 5) is 25.3. The van der Waals surface area contributed by atoms with Gasteiger partial charge in [-0.25, -0.2) is 4.98 Å². The Morgan fingerprint density at radius 2 is 2.17 bits per heavy atom. The lowest BCUT2D eigenvalue weighted by molar-refractivity contribution is 0.0584. The summed E-state index contributed by atoms with van der Waals surface area (Å²) in [6, 6.07) is 3.42. The Balaban J connectivity index is 1.61. The van der Waals surface area contributed by atoms with Crippen molar-refractivity contribution in [1.29, 1.82) is 0 Å². The molecule has 0 spiro atoms. The lowest BCUT2D eigenvalue weighted by Gasteiger charge is -2.31. The highest BCUT2D eigenvalue weighted by molar-refractivity contribution is 5.91. The summed E-state index contributed by atoms with van der Waals surface area (Å²) in [5, 5.41) is 0. The molecule has 0 unspecified atom stereocenters. The van der Waals surface area contributed by atoms with Gasteiger partial charge in [-0.1, -0.05) is 0 Å². The van der Waals surface area contributed by atoms with E-state index in [-0.39, 0.29) is 17.9 Å². The topological polar surface area (TPSA) is 71.7 Å². The molecule has 0 saturated carbocycles. The van der Waals surface area contributed by atoms with Crippen LogP contribution in [0.25, 0.3) is 0 Å². The number of fused-ring (bicyclic) bond motifs is 3. The molecule has 2 atom stereocenters. The third-order valence-corrected chi connectivity index (χ3v) is 4.34. The van der Waals surface area contributed by atoms with Crippen LogP contribution in [0.2, 0.25) is 0 Å². The number of rotatable bonds is 2. The molecule has 2 bridgehead atoms. The second kappa shape index (κ2) is 6.00. The van der Waals surface area contributed by atoms with Crippen LogP contribution in [0.1, 0.15) is 10.6 Å². The highest BCUT2D eigenvalue weighted by Crippen LogP contribution is 2.24. The third-order valence-electron chi connectivity index (χ3n) is 4.34. The zero-order valence-electron chi connectivity index (χ0n) is 12.7. The number of hydrogen-bond donors (Lipinski definition) is 0. The molecule has 0 radical (unpaired) electrons. The monoisotopic (exact) mass is 314 g/mol. The standard InChI is InChI=1S/C16H18N4O3/c21-16(14-2-1-5-23-14)20-8-12-7-19(9-13(20)11-22-10-12)15-6-17-3-4-18-15/h1-6,12-13H,7-11H2/t12-,13-/m0/s1. The predicted octanol–water partition coefficient (Wildman–Crippen LogP) is 1.05. The molecule has 1 amide bonds. The van der Waals surface area contributed by atoms with Gasteiger partial charge in [0.05, 0.1) is 31.7 Å². The van der Waals surface area contributed by atoms with Crippen LogP contribution in [0, 0.1) is 5.92 Å². The van der Waals surface area contributed by atoms with Crippen LogP contribution in [0.15, 0.2) is 41.4 Å². The summed E-state index contributed by atoms with van der Waals surface area (Å²) in [6.45, 7) is 3.33. The van der Waals surface area contributed by atoms with Crippen molar-refractivity contribution in [3.05, 3.63) is 42.7 Å². The van der Waals surface area contributed by atoms with Crippen LogP contribution in [0.5, 0.6) is 0 Å². The van der Waals surface area contributed by atoms with Crippen molar-refractivity contribution in [2.45, 2.75) is 6.04 Å². The van der Waals surface area contributed by atoms with Gasteiger partial charge < -0.3 is 19.0 Å². The molecule has 0 aromatic carbocycles. The lowest BCUT2D eigenvalue weighted by Crippen LogP contribution is -2.46. The normalized spacial score (nSPS) is 24.3. The Bertz CT molecular complexity index is 661. The number of carbonyl (C=O) groups is 1. The summed E-state index contributed by atoms with van der Waals surface area (Å²) >= 11 is 0. The predicted molar refractivity (Wildman–Crippen MR) is 82.1 cm³/mol. The van der Waals surface area contributed by atoms with Gasteiger partial charge >= 0.3 is 0 Å². The summed E-state index contributed by atoms with van der Waals surface area (Å²) in [7, 11) is 0. The van der Waals surface area contributed by atoms with Gasteiger partial charge in [0.1, 0.15) is 5.82 Å². The van der Waals surface area contributed by atoms with E-state index < -0.39 is 0 Å². The number of furan rings is 1. The molecule has 0 aliphatic carbocycles. The van der Waals surface area contributed by atoms with Crippen LogP contribution in [0.4, 0.5) is 5.82 Å². The quantitative estimate of drug-likeness (QED) is 0.825. The number of carbonyl (C=O) groups excluding carboxylic acids is 1. The van der Waals surface area contributed by atoms with Crippen molar-refractivity contribution in [1.82, 2.24) is 14.9 Å². The van der Waals surface area contributed by atoms with Crippen LogP contribution >= 0.6 is 0 Å². The first kappa shape index (κ1) is 14.2. The molecule has 2 aliphatic rings. The molecule has 0 N–H and O–H groups in total. The number of hydrogen-bond acceptors (Lipinski definition) is 6. The molecule has 2 saturated heterocycles. The number of nitrogens with zero attached hydrogens (tertiary/aromatic N) is 4. The van der Waals surface area contributed by atoms with Gasteiger partial charge in [0, 0.05) is 37.9 Å². The molecule has 4 rings (SSSR count). The van der Waals surface area contributed by atoms with E-state index in [0.29, 0.717) is 32.1 Å². The third kappa shape index (κ3) is 2.79. The first-order valence-electron chi connectivity index (χ1n) is 7.74. The molecule has 7 heteroatoms. The zero-order chi connectivity index (χ0) is 15.6. The van der Waals surface area contributed by atoms with Gasteiger partial charge in [0.2, 0.25) is 0 Å². The van der Waals surface area contributed by atoms with Gasteiger partial charge in [-0.3, -0.25) is 9.78 Å². The van der Waals surface area contributed by atoms with Crippen LogP contribution in [0.3, 0.4) is 0 Å². The van der Waals surface area contributed by atoms with E-state index in [1.54, 1.807) is 30.7 Å². The Kier molecular flexibility index (Phi) is 3.70. The van der Waals surface area contributed by atoms with Crippen molar-refractivity contribution in [3.63, 3.8) is 0 Å². The highest BCUT2D eigenvalue weighted by atomic mass is 16.5. The SMILES string of the molecule is O=C(c1ccco1)N1C[C@H]2COC[C@@H]1CN(c1cnccn1)C2. The second-order valence-electron chi connectivity index (χ2n) is 5.96. The summed E-state index contributed by atoms with van der Waals surface area (Å²) < 4.78 is 11.0. The Morgan fingerprint density at radius 3 is 2.96 bits per heavy atom. The van der Waals surface area contributed by atoms with Gasteiger partial charge in [0.15, 0.2) is 5.76 Å². The average molecular weight is 314 g/mol. The van der Waals surface area contributed by atoms with Crippen LogP contribution in [-0.2, 0) is 4.74 Å². The summed E-state index contributed by atoms with van der Waals surface area (Å²) in [5.41, 5.74) is 0. The van der Waals surface area contributed by atoms with Gasteiger partial charge in [-0.2, -0.15) is 0 Å². The molecule has 2 fully saturated rings. The van der Waals surface area contributed by atoms with E-state index >= 15 is 0 Å². The van der Waals surface area contributed by atoms with E-state index in [1.807, 2.05) is 4.90 Å². The van der Waals surface area contributed by atoms with Gasteiger partial charge in [-0.15, -0.1) is 0 Å². The van der Waals surface area contributed by atoms with Crippen LogP contribution < -0.4 is 4.90 Å². The fraction of sp³-hybridized carbons (Fsp3) is 0.438. The second-order valence-corrected chi connectivity index (χ2v) is 5.96. The van der Waals surface area contributed by atoms with Gasteiger partial charge in [0.25, 0.3) is 5.91 Å². The van der Waals surface area contributed by atoms with E-state index in [9.17, 15) is 4.79 Å². The average Bonchev–Trinajstić information content (AvgIpc) is 2.95. The minimum Gasteiger partial charge on any atom is -0.459 e. The first-order valence-corrected chi connectivity index (χ1v) is 7.74. The van der Waals surface area contributed by atoms with Crippen LogP contribution in [-0.4, -0.2) is 59.7 Å². The summed E-state index contributed by atoms with van der Waals surface area (Å²) in [6.07, 6.45) is 6.65. The number of amides is 1. The summed E-state index contributed by atoms with van der Waals surface area (Å²) in [5.74, 6) is 1.39. The maximum absolute atomic E-state index is 12.7. The number of aromatic nitrogens is 2. The van der Waals surface area contributed by atoms with E-state index in [2.05, 4.69) is 14.9 Å². The molecule has 120 valence electrons. The minimum atomic E-state index is -0.0727. The van der Waals surface area contributed by atoms with Crippen molar-refractivity contribution in [2.75, 3.05) is 37.7 Å². The number of ether oxygens (including phenoxy) is 1. The van der Waals surface area contributed by atoms with E-state index in [0.717, 1.165) is 12.4 Å². The molecule has 2 aromatic heterocycles. The highest BCUT2D eigenvalue weighted by Gasteiger charge is 2.37. The Hall–Kier alpha value is -2.41. The molecule has 4 heterocycles. The Morgan fingerprint density at radius 1 is 1.22 bits per heavy atom. The molecule has 7 nitrogen and oxygen atoms in total. The van der Waals surface area contributed by atoms with E-state index in [1.165, 1.54) is 6.26 Å². The smallest absolute Gasteiger partial charge is 0.289 e. The molecule has 2 aromatic rings. The molecular weight excluding hydrogens is 296 g/mol. The first-order chi connectivity index (χ1) is 11.3. The van der Waals surface area contributed by atoms with Crippen molar-refractivity contribution >= 4 is 11.7 Å². The minimum absolute atomic E-state index is 0.0258. The van der Waals surface area contributed by atoms with Crippen molar-refractivity contribution in [2.24, 2.45) is 5.92 Å². The maximum atomic E-state index is 12.7. The zero-order valence-corrected chi connectivity index (χ0v) is 12.7. The van der Waals surface area contributed by atoms with Crippen molar-refractivity contribution < 1.29 is 13.9 Å². The number of anilines is 1. The fourth-order valence-corrected chi connectivity index (χ4v) is 3.28. The fourth-order valence-electron chi connectivity index (χ4n) is 3.28. The Labute approximate surface area is 133 Å². The molecule has 2 aliphatic heterocycles. The maximum Gasteiger partial charge on any atom is 0.289 e.